The number of benzene rings is 1. The van der Waals surface area contributed by atoms with Crippen molar-refractivity contribution < 1.29 is 14.7 Å². The highest BCUT2D eigenvalue weighted by atomic mass is 16.4. The van der Waals surface area contributed by atoms with Gasteiger partial charge in [-0.3, -0.25) is 14.3 Å². The minimum absolute atomic E-state index is 0.0659. The first-order valence-electron chi connectivity index (χ1n) is 8.87. The van der Waals surface area contributed by atoms with Crippen LogP contribution >= 0.6 is 0 Å². The lowest BCUT2D eigenvalue weighted by Crippen LogP contribution is -2.32. The minimum Gasteiger partial charge on any atom is -0.481 e. The largest absolute Gasteiger partial charge is 0.481 e. The van der Waals surface area contributed by atoms with Crippen molar-refractivity contribution in [1.82, 2.24) is 15.1 Å². The number of rotatable bonds is 8. The van der Waals surface area contributed by atoms with E-state index in [-0.39, 0.29) is 18.9 Å². The fourth-order valence-electron chi connectivity index (χ4n) is 2.99. The van der Waals surface area contributed by atoms with E-state index in [9.17, 15) is 14.7 Å². The third-order valence-electron chi connectivity index (χ3n) is 4.41. The molecule has 140 valence electrons. The fraction of sp³-hybridized carbons (Fsp3) is 0.450. The first-order valence-corrected chi connectivity index (χ1v) is 8.87. The van der Waals surface area contributed by atoms with Gasteiger partial charge in [-0.05, 0) is 25.3 Å². The van der Waals surface area contributed by atoms with Crippen LogP contribution in [0.1, 0.15) is 42.3 Å². The predicted octanol–water partition coefficient (Wildman–Crippen LogP) is 2.68. The minimum atomic E-state index is -0.950. The molecule has 0 aliphatic rings. The van der Waals surface area contributed by atoms with E-state index in [1.165, 1.54) is 0 Å². The van der Waals surface area contributed by atoms with Crippen molar-refractivity contribution in [1.29, 1.82) is 0 Å². The van der Waals surface area contributed by atoms with Crippen molar-refractivity contribution in [2.24, 2.45) is 5.92 Å². The average molecular weight is 357 g/mol. The molecule has 0 radical (unpaired) electrons. The molecule has 1 atom stereocenters. The number of aryl methyl sites for hydroxylation is 1. The number of carbonyl (C=O) groups is 2. The van der Waals surface area contributed by atoms with Crippen LogP contribution in [0.3, 0.4) is 0 Å². The summed E-state index contributed by atoms with van der Waals surface area (Å²) < 4.78 is 1.94. The summed E-state index contributed by atoms with van der Waals surface area (Å²) in [6.45, 7) is 8.99. The summed E-state index contributed by atoms with van der Waals surface area (Å²) in [5.41, 5.74) is 3.42. The van der Waals surface area contributed by atoms with Gasteiger partial charge in [0, 0.05) is 24.3 Å². The van der Waals surface area contributed by atoms with Gasteiger partial charge in [-0.25, -0.2) is 0 Å². The number of nitrogens with one attached hydrogen (secondary N) is 1. The molecule has 0 saturated heterocycles. The molecule has 2 N–H and O–H groups in total. The van der Waals surface area contributed by atoms with Crippen LogP contribution in [0, 0.1) is 19.8 Å². The van der Waals surface area contributed by atoms with Crippen LogP contribution in [0.25, 0.3) is 0 Å². The lowest BCUT2D eigenvalue weighted by molar-refractivity contribution is -0.138. The first kappa shape index (κ1) is 19.7. The van der Waals surface area contributed by atoms with Gasteiger partial charge in [0.2, 0.25) is 5.91 Å². The maximum Gasteiger partial charge on any atom is 0.312 e. The fourth-order valence-corrected chi connectivity index (χ4v) is 2.99. The van der Waals surface area contributed by atoms with Crippen LogP contribution in [0.4, 0.5) is 0 Å². The molecule has 6 nitrogen and oxygen atoms in total. The van der Waals surface area contributed by atoms with Crippen molar-refractivity contribution in [3.05, 3.63) is 52.8 Å². The van der Waals surface area contributed by atoms with Crippen LogP contribution < -0.4 is 5.32 Å². The summed E-state index contributed by atoms with van der Waals surface area (Å²) in [4.78, 5) is 23.9. The van der Waals surface area contributed by atoms with Crippen LogP contribution in [-0.4, -0.2) is 33.3 Å². The Hall–Kier alpha value is -2.63. The number of carbonyl (C=O) groups excluding carboxylic acids is 1. The molecule has 6 heteroatoms. The van der Waals surface area contributed by atoms with E-state index in [2.05, 4.69) is 24.3 Å². The van der Waals surface area contributed by atoms with Gasteiger partial charge in [-0.2, -0.15) is 5.10 Å². The van der Waals surface area contributed by atoms with Crippen molar-refractivity contribution in [3.63, 3.8) is 0 Å². The number of nitrogens with zero attached hydrogens (tertiary/aromatic N) is 2. The highest BCUT2D eigenvalue weighted by Gasteiger charge is 2.21. The smallest absolute Gasteiger partial charge is 0.312 e. The summed E-state index contributed by atoms with van der Waals surface area (Å²) >= 11 is 0. The Morgan fingerprint density at radius 1 is 1.19 bits per heavy atom. The van der Waals surface area contributed by atoms with Crippen LogP contribution in [0.2, 0.25) is 0 Å². The highest BCUT2D eigenvalue weighted by molar-refractivity contribution is 5.81. The van der Waals surface area contributed by atoms with E-state index in [0.29, 0.717) is 11.5 Å². The number of aliphatic carboxylic acids is 1. The van der Waals surface area contributed by atoms with Gasteiger partial charge in [0.25, 0.3) is 0 Å². The quantitative estimate of drug-likeness (QED) is 0.761. The van der Waals surface area contributed by atoms with Gasteiger partial charge in [-0.15, -0.1) is 0 Å². The first-order chi connectivity index (χ1) is 12.3. The summed E-state index contributed by atoms with van der Waals surface area (Å²) in [5, 5.41) is 16.7. The zero-order valence-corrected chi connectivity index (χ0v) is 15.8. The Labute approximate surface area is 154 Å². The van der Waals surface area contributed by atoms with Gasteiger partial charge in [0.1, 0.15) is 0 Å². The molecular formula is C20H27N3O3. The van der Waals surface area contributed by atoms with Gasteiger partial charge >= 0.3 is 5.97 Å². The van der Waals surface area contributed by atoms with Gasteiger partial charge in [0.15, 0.2) is 0 Å². The SMILES string of the molecule is Cc1nn(CC(C)C)c(C)c1CC(=O)NCC(C(=O)O)c1ccccc1. The summed E-state index contributed by atoms with van der Waals surface area (Å²) in [6.07, 6.45) is 0.205. The molecule has 1 aromatic heterocycles. The third-order valence-corrected chi connectivity index (χ3v) is 4.41. The van der Waals surface area contributed by atoms with E-state index in [4.69, 9.17) is 0 Å². The number of aromatic nitrogens is 2. The lowest BCUT2D eigenvalue weighted by atomic mass is 9.99. The van der Waals surface area contributed by atoms with Crippen molar-refractivity contribution in [3.8, 4) is 0 Å². The number of hydrogen-bond acceptors (Lipinski definition) is 3. The van der Waals surface area contributed by atoms with Crippen molar-refractivity contribution in [2.45, 2.75) is 46.6 Å². The Balaban J connectivity index is 2.02. The third kappa shape index (κ3) is 4.94. The second-order valence-corrected chi connectivity index (χ2v) is 7.01. The van der Waals surface area contributed by atoms with E-state index in [0.717, 1.165) is 23.5 Å². The van der Waals surface area contributed by atoms with Crippen molar-refractivity contribution >= 4 is 11.9 Å². The normalized spacial score (nSPS) is 12.2. The molecular weight excluding hydrogens is 330 g/mol. The molecule has 2 aromatic rings. The molecule has 0 aliphatic heterocycles. The zero-order chi connectivity index (χ0) is 19.3. The van der Waals surface area contributed by atoms with E-state index >= 15 is 0 Å². The number of hydrogen-bond donors (Lipinski definition) is 2. The number of carboxylic acid groups (broad SMARTS) is 1. The topological polar surface area (TPSA) is 84.2 Å². The molecule has 1 unspecified atom stereocenters. The Morgan fingerprint density at radius 3 is 2.42 bits per heavy atom. The molecule has 2 rings (SSSR count). The zero-order valence-electron chi connectivity index (χ0n) is 15.8. The Kier molecular flexibility index (Phi) is 6.55. The second kappa shape index (κ2) is 8.65. The number of amides is 1. The lowest BCUT2D eigenvalue weighted by Gasteiger charge is -2.14. The molecule has 0 aliphatic carbocycles. The van der Waals surface area contributed by atoms with E-state index in [1.54, 1.807) is 24.3 Å². The molecule has 0 fully saturated rings. The Bertz CT molecular complexity index is 766. The number of carboxylic acids is 1. The van der Waals surface area contributed by atoms with Gasteiger partial charge < -0.3 is 10.4 Å². The van der Waals surface area contributed by atoms with Crippen LogP contribution in [-0.2, 0) is 22.6 Å². The highest BCUT2D eigenvalue weighted by Crippen LogP contribution is 2.17. The van der Waals surface area contributed by atoms with Crippen LogP contribution in [0.5, 0.6) is 0 Å². The summed E-state index contributed by atoms with van der Waals surface area (Å²) in [6, 6.07) is 8.94. The molecule has 0 saturated carbocycles. The summed E-state index contributed by atoms with van der Waals surface area (Å²) in [5.74, 6) is -1.43. The molecule has 1 aromatic carbocycles. The molecule has 1 heterocycles. The second-order valence-electron chi connectivity index (χ2n) is 7.01. The standard InChI is InChI=1S/C20H27N3O3/c1-13(2)12-23-15(4)17(14(3)22-23)10-19(24)21-11-18(20(25)26)16-8-6-5-7-9-16/h5-9,13,18H,10-12H2,1-4H3,(H,21,24)(H,25,26). The molecule has 1 amide bonds. The predicted molar refractivity (Wildman–Crippen MR) is 100 cm³/mol. The molecule has 0 spiro atoms. The average Bonchev–Trinajstić information content (AvgIpc) is 2.82. The van der Waals surface area contributed by atoms with E-state index < -0.39 is 11.9 Å². The monoisotopic (exact) mass is 357 g/mol. The maximum absolute atomic E-state index is 12.4. The van der Waals surface area contributed by atoms with Crippen molar-refractivity contribution in [2.75, 3.05) is 6.54 Å². The summed E-state index contributed by atoms with van der Waals surface area (Å²) in [7, 11) is 0. The molecule has 26 heavy (non-hydrogen) atoms. The van der Waals surface area contributed by atoms with Gasteiger partial charge in [0.05, 0.1) is 18.0 Å². The van der Waals surface area contributed by atoms with Gasteiger partial charge in [-0.1, -0.05) is 44.2 Å². The van der Waals surface area contributed by atoms with E-state index in [1.807, 2.05) is 24.6 Å². The van der Waals surface area contributed by atoms with Crippen LogP contribution in [0.15, 0.2) is 30.3 Å². The molecule has 0 bridgehead atoms. The maximum atomic E-state index is 12.4. The Morgan fingerprint density at radius 2 is 1.85 bits per heavy atom.